The molecule has 1 aromatic rings. The number of aryl methyl sites for hydroxylation is 1. The van der Waals surface area contributed by atoms with Gasteiger partial charge < -0.3 is 16.2 Å². The maximum absolute atomic E-state index is 11.9. The van der Waals surface area contributed by atoms with Crippen LogP contribution in [-0.4, -0.2) is 29.1 Å². The van der Waals surface area contributed by atoms with Gasteiger partial charge in [0.2, 0.25) is 5.91 Å². The van der Waals surface area contributed by atoms with Crippen LogP contribution < -0.4 is 11.1 Å². The molecule has 0 fully saturated rings. The SMILES string of the molecule is CC(C)[C@@H](NC(=O)[C@@H](N)CCc1ccccc1)C(=O)O. The summed E-state index contributed by atoms with van der Waals surface area (Å²) < 4.78 is 0. The zero-order chi connectivity index (χ0) is 15.1. The summed E-state index contributed by atoms with van der Waals surface area (Å²) in [6.45, 7) is 3.49. The lowest BCUT2D eigenvalue weighted by Gasteiger charge is -2.20. The van der Waals surface area contributed by atoms with E-state index in [9.17, 15) is 9.59 Å². The average molecular weight is 278 g/mol. The molecule has 110 valence electrons. The molecule has 0 unspecified atom stereocenters. The van der Waals surface area contributed by atoms with Gasteiger partial charge in [0.25, 0.3) is 0 Å². The van der Waals surface area contributed by atoms with Gasteiger partial charge in [-0.3, -0.25) is 4.79 Å². The molecule has 20 heavy (non-hydrogen) atoms. The molecule has 4 N–H and O–H groups in total. The highest BCUT2D eigenvalue weighted by Gasteiger charge is 2.25. The highest BCUT2D eigenvalue weighted by atomic mass is 16.4. The molecule has 0 bridgehead atoms. The fraction of sp³-hybridized carbons (Fsp3) is 0.467. The first-order valence-corrected chi connectivity index (χ1v) is 6.74. The molecule has 0 saturated carbocycles. The number of carboxylic acids is 1. The van der Waals surface area contributed by atoms with E-state index in [2.05, 4.69) is 5.32 Å². The van der Waals surface area contributed by atoms with Crippen molar-refractivity contribution < 1.29 is 14.7 Å². The first kappa shape index (κ1) is 16.2. The highest BCUT2D eigenvalue weighted by molar-refractivity contribution is 5.86. The zero-order valence-corrected chi connectivity index (χ0v) is 11.9. The molecule has 5 heteroatoms. The Morgan fingerprint density at radius 3 is 2.35 bits per heavy atom. The number of carbonyl (C=O) groups excluding carboxylic acids is 1. The summed E-state index contributed by atoms with van der Waals surface area (Å²) in [5, 5.41) is 11.5. The molecule has 1 amide bonds. The van der Waals surface area contributed by atoms with Crippen LogP contribution in [0.25, 0.3) is 0 Å². The van der Waals surface area contributed by atoms with E-state index in [-0.39, 0.29) is 5.92 Å². The fourth-order valence-corrected chi connectivity index (χ4v) is 1.87. The fourth-order valence-electron chi connectivity index (χ4n) is 1.87. The molecular formula is C15H22N2O3. The summed E-state index contributed by atoms with van der Waals surface area (Å²) in [5.74, 6) is -1.64. The van der Waals surface area contributed by atoms with E-state index in [1.807, 2.05) is 30.3 Å². The van der Waals surface area contributed by atoms with Crippen LogP contribution in [0.1, 0.15) is 25.8 Å². The molecule has 0 saturated heterocycles. The molecule has 0 aliphatic heterocycles. The van der Waals surface area contributed by atoms with Crippen molar-refractivity contribution in [1.29, 1.82) is 0 Å². The summed E-state index contributed by atoms with van der Waals surface area (Å²) in [7, 11) is 0. The summed E-state index contributed by atoms with van der Waals surface area (Å²) >= 11 is 0. The Bertz CT molecular complexity index is 446. The van der Waals surface area contributed by atoms with Gasteiger partial charge in [0, 0.05) is 0 Å². The van der Waals surface area contributed by atoms with Crippen LogP contribution in [0.3, 0.4) is 0 Å². The number of benzene rings is 1. The predicted octanol–water partition coefficient (Wildman–Crippen LogP) is 1.17. The molecule has 2 atom stereocenters. The van der Waals surface area contributed by atoms with Gasteiger partial charge in [0.1, 0.15) is 6.04 Å². The van der Waals surface area contributed by atoms with Crippen molar-refractivity contribution in [3.05, 3.63) is 35.9 Å². The minimum Gasteiger partial charge on any atom is -0.480 e. The number of rotatable bonds is 7. The second-order valence-corrected chi connectivity index (χ2v) is 5.20. The summed E-state index contributed by atoms with van der Waals surface area (Å²) in [4.78, 5) is 22.9. The third kappa shape index (κ3) is 5.01. The summed E-state index contributed by atoms with van der Waals surface area (Å²) in [6.07, 6.45) is 1.18. The van der Waals surface area contributed by atoms with E-state index < -0.39 is 24.0 Å². The Morgan fingerprint density at radius 2 is 1.85 bits per heavy atom. The first-order valence-electron chi connectivity index (χ1n) is 6.74. The highest BCUT2D eigenvalue weighted by Crippen LogP contribution is 2.06. The van der Waals surface area contributed by atoms with Crippen LogP contribution in [0, 0.1) is 5.92 Å². The van der Waals surface area contributed by atoms with Crippen molar-refractivity contribution in [2.75, 3.05) is 0 Å². The lowest BCUT2D eigenvalue weighted by Crippen LogP contribution is -2.50. The Balaban J connectivity index is 2.48. The number of hydrogen-bond acceptors (Lipinski definition) is 3. The summed E-state index contributed by atoms with van der Waals surface area (Å²) in [5.41, 5.74) is 6.91. The molecule has 0 spiro atoms. The quantitative estimate of drug-likeness (QED) is 0.698. The molecular weight excluding hydrogens is 256 g/mol. The van der Waals surface area contributed by atoms with Crippen molar-refractivity contribution in [2.24, 2.45) is 11.7 Å². The smallest absolute Gasteiger partial charge is 0.326 e. The maximum atomic E-state index is 11.9. The molecule has 0 radical (unpaired) electrons. The summed E-state index contributed by atoms with van der Waals surface area (Å²) in [6, 6.07) is 8.13. The second kappa shape index (κ2) is 7.65. The minimum atomic E-state index is -1.04. The minimum absolute atomic E-state index is 0.183. The number of aliphatic carboxylic acids is 1. The number of nitrogens with two attached hydrogens (primary N) is 1. The predicted molar refractivity (Wildman–Crippen MR) is 77.1 cm³/mol. The average Bonchev–Trinajstić information content (AvgIpc) is 2.42. The molecule has 0 aliphatic rings. The third-order valence-corrected chi connectivity index (χ3v) is 3.15. The molecule has 1 rings (SSSR count). The zero-order valence-electron chi connectivity index (χ0n) is 11.9. The Kier molecular flexibility index (Phi) is 6.18. The molecule has 0 aromatic heterocycles. The van der Waals surface area contributed by atoms with Gasteiger partial charge in [0.05, 0.1) is 6.04 Å². The maximum Gasteiger partial charge on any atom is 0.326 e. The van der Waals surface area contributed by atoms with E-state index in [4.69, 9.17) is 10.8 Å². The van der Waals surface area contributed by atoms with Crippen molar-refractivity contribution in [3.63, 3.8) is 0 Å². The largest absolute Gasteiger partial charge is 0.480 e. The second-order valence-electron chi connectivity index (χ2n) is 5.20. The van der Waals surface area contributed by atoms with Gasteiger partial charge in [-0.15, -0.1) is 0 Å². The van der Waals surface area contributed by atoms with Crippen LogP contribution in [0.5, 0.6) is 0 Å². The lowest BCUT2D eigenvalue weighted by molar-refractivity contribution is -0.143. The number of carboxylic acid groups (broad SMARTS) is 1. The monoisotopic (exact) mass is 278 g/mol. The first-order chi connectivity index (χ1) is 9.41. The Morgan fingerprint density at radius 1 is 1.25 bits per heavy atom. The van der Waals surface area contributed by atoms with Gasteiger partial charge in [0.15, 0.2) is 0 Å². The molecule has 0 aliphatic carbocycles. The van der Waals surface area contributed by atoms with Crippen molar-refractivity contribution in [3.8, 4) is 0 Å². The van der Waals surface area contributed by atoms with E-state index in [1.54, 1.807) is 13.8 Å². The third-order valence-electron chi connectivity index (χ3n) is 3.15. The molecule has 0 heterocycles. The number of hydrogen-bond donors (Lipinski definition) is 3. The normalized spacial score (nSPS) is 13.8. The molecule has 5 nitrogen and oxygen atoms in total. The van der Waals surface area contributed by atoms with E-state index in [1.165, 1.54) is 0 Å². The van der Waals surface area contributed by atoms with Crippen LogP contribution in [-0.2, 0) is 16.0 Å². The van der Waals surface area contributed by atoms with Gasteiger partial charge >= 0.3 is 5.97 Å². The van der Waals surface area contributed by atoms with Gasteiger partial charge in [-0.05, 0) is 24.3 Å². The van der Waals surface area contributed by atoms with E-state index >= 15 is 0 Å². The lowest BCUT2D eigenvalue weighted by atomic mass is 10.0. The topological polar surface area (TPSA) is 92.4 Å². The number of carbonyl (C=O) groups is 2. The van der Waals surface area contributed by atoms with Gasteiger partial charge in [-0.2, -0.15) is 0 Å². The van der Waals surface area contributed by atoms with E-state index in [0.29, 0.717) is 12.8 Å². The van der Waals surface area contributed by atoms with E-state index in [0.717, 1.165) is 5.56 Å². The van der Waals surface area contributed by atoms with Crippen molar-refractivity contribution >= 4 is 11.9 Å². The number of amides is 1. The number of nitrogens with one attached hydrogen (secondary N) is 1. The van der Waals surface area contributed by atoms with Crippen LogP contribution in [0.2, 0.25) is 0 Å². The standard InChI is InChI=1S/C15H22N2O3/c1-10(2)13(15(19)20)17-14(18)12(16)9-8-11-6-4-3-5-7-11/h3-7,10,12-13H,8-9,16H2,1-2H3,(H,17,18)(H,19,20)/t12-,13+/m0/s1. The van der Waals surface area contributed by atoms with Crippen molar-refractivity contribution in [1.82, 2.24) is 5.32 Å². The van der Waals surface area contributed by atoms with Crippen LogP contribution in [0.4, 0.5) is 0 Å². The molecule has 1 aromatic carbocycles. The van der Waals surface area contributed by atoms with Crippen LogP contribution >= 0.6 is 0 Å². The van der Waals surface area contributed by atoms with Gasteiger partial charge in [-0.25, -0.2) is 4.79 Å². The Hall–Kier alpha value is -1.88. The van der Waals surface area contributed by atoms with Gasteiger partial charge in [-0.1, -0.05) is 44.2 Å². The van der Waals surface area contributed by atoms with Crippen LogP contribution in [0.15, 0.2) is 30.3 Å². The Labute approximate surface area is 119 Å². The van der Waals surface area contributed by atoms with Crippen molar-refractivity contribution in [2.45, 2.75) is 38.8 Å².